The second-order valence-electron chi connectivity index (χ2n) is 8.33. The fourth-order valence-corrected chi connectivity index (χ4v) is 4.04. The van der Waals surface area contributed by atoms with Gasteiger partial charge >= 0.3 is 5.97 Å². The van der Waals surface area contributed by atoms with E-state index in [1.807, 2.05) is 18.2 Å². The lowest BCUT2D eigenvalue weighted by Crippen LogP contribution is -2.34. The van der Waals surface area contributed by atoms with Gasteiger partial charge in [0.15, 0.2) is 6.61 Å². The van der Waals surface area contributed by atoms with E-state index in [2.05, 4.69) is 29.3 Å². The number of aromatic nitrogens is 1. The van der Waals surface area contributed by atoms with Crippen molar-refractivity contribution >= 4 is 34.3 Å². The van der Waals surface area contributed by atoms with Gasteiger partial charge in [-0.2, -0.15) is 0 Å². The molecule has 4 rings (SSSR count). The first-order valence-electron chi connectivity index (χ1n) is 11.4. The Labute approximate surface area is 193 Å². The summed E-state index contributed by atoms with van der Waals surface area (Å²) in [5.41, 5.74) is 1.76. The van der Waals surface area contributed by atoms with E-state index in [1.54, 1.807) is 31.2 Å². The molecule has 3 aromatic rings. The number of carbonyl (C=O) groups is 2. The molecule has 172 valence electrons. The lowest BCUT2D eigenvalue weighted by atomic mass is 10.0. The number of anilines is 2. The Morgan fingerprint density at radius 2 is 1.94 bits per heavy atom. The minimum atomic E-state index is -0.388. The molecule has 1 aliphatic rings. The first kappa shape index (κ1) is 22.6. The molecule has 2 heterocycles. The van der Waals surface area contributed by atoms with Crippen LogP contribution in [0.4, 0.5) is 11.5 Å². The van der Waals surface area contributed by atoms with Gasteiger partial charge < -0.3 is 19.7 Å². The first-order valence-corrected chi connectivity index (χ1v) is 11.4. The molecule has 1 atom stereocenters. The highest BCUT2D eigenvalue weighted by Gasteiger charge is 2.18. The van der Waals surface area contributed by atoms with Crippen molar-refractivity contribution < 1.29 is 19.1 Å². The molecular weight excluding hydrogens is 418 g/mol. The third-order valence-corrected chi connectivity index (χ3v) is 5.69. The Morgan fingerprint density at radius 1 is 1.12 bits per heavy atom. The highest BCUT2D eigenvalue weighted by molar-refractivity contribution is 5.94. The van der Waals surface area contributed by atoms with Crippen LogP contribution in [0, 0.1) is 5.92 Å². The van der Waals surface area contributed by atoms with Crippen LogP contribution in [0.2, 0.25) is 0 Å². The lowest BCUT2D eigenvalue weighted by molar-refractivity contribution is -0.118. The highest BCUT2D eigenvalue weighted by atomic mass is 16.5. The molecule has 1 aromatic heterocycles. The maximum Gasteiger partial charge on any atom is 0.338 e. The number of ether oxygens (including phenoxy) is 2. The number of nitrogens with one attached hydrogen (secondary N) is 1. The van der Waals surface area contributed by atoms with Crippen molar-refractivity contribution in [3.8, 4) is 5.75 Å². The molecular formula is C26H29N3O4. The number of hydrogen-bond donors (Lipinski definition) is 1. The van der Waals surface area contributed by atoms with E-state index in [1.165, 1.54) is 12.8 Å². The van der Waals surface area contributed by atoms with Gasteiger partial charge in [-0.1, -0.05) is 19.1 Å². The zero-order chi connectivity index (χ0) is 23.2. The average Bonchev–Trinajstić information content (AvgIpc) is 2.83. The van der Waals surface area contributed by atoms with Crippen LogP contribution in [-0.4, -0.2) is 43.2 Å². The van der Waals surface area contributed by atoms with Crippen LogP contribution < -0.4 is 15.0 Å². The third-order valence-electron chi connectivity index (χ3n) is 5.69. The summed E-state index contributed by atoms with van der Waals surface area (Å²) in [7, 11) is 0. The molecule has 1 N–H and O–H groups in total. The summed E-state index contributed by atoms with van der Waals surface area (Å²) in [4.78, 5) is 31.4. The van der Waals surface area contributed by atoms with Gasteiger partial charge in [-0.3, -0.25) is 4.79 Å². The third kappa shape index (κ3) is 5.61. The summed E-state index contributed by atoms with van der Waals surface area (Å²) < 4.78 is 10.8. The molecule has 2 aromatic carbocycles. The van der Waals surface area contributed by atoms with Gasteiger partial charge in [0.2, 0.25) is 0 Å². The quantitative estimate of drug-likeness (QED) is 0.531. The number of para-hydroxylation sites is 1. The van der Waals surface area contributed by atoms with Crippen LogP contribution in [-0.2, 0) is 9.53 Å². The number of pyridine rings is 1. The molecule has 7 heteroatoms. The highest BCUT2D eigenvalue weighted by Crippen LogP contribution is 2.28. The summed E-state index contributed by atoms with van der Waals surface area (Å²) in [5.74, 6) is 1.48. The van der Waals surface area contributed by atoms with Crippen molar-refractivity contribution in [2.45, 2.75) is 26.7 Å². The van der Waals surface area contributed by atoms with E-state index in [9.17, 15) is 9.59 Å². The topological polar surface area (TPSA) is 80.8 Å². The van der Waals surface area contributed by atoms with Crippen molar-refractivity contribution in [3.63, 3.8) is 0 Å². The van der Waals surface area contributed by atoms with Crippen LogP contribution in [0.25, 0.3) is 10.9 Å². The number of amides is 1. The maximum atomic E-state index is 12.4. The van der Waals surface area contributed by atoms with E-state index >= 15 is 0 Å². The van der Waals surface area contributed by atoms with Crippen molar-refractivity contribution in [1.82, 2.24) is 4.98 Å². The Morgan fingerprint density at radius 3 is 2.70 bits per heavy atom. The molecule has 1 saturated heterocycles. The first-order chi connectivity index (χ1) is 16.0. The summed E-state index contributed by atoms with van der Waals surface area (Å²) >= 11 is 0. The number of piperidine rings is 1. The molecule has 0 saturated carbocycles. The van der Waals surface area contributed by atoms with E-state index < -0.39 is 0 Å². The number of benzene rings is 2. The second kappa shape index (κ2) is 10.3. The number of esters is 1. The fraction of sp³-hybridized carbons (Fsp3) is 0.346. The van der Waals surface area contributed by atoms with E-state index in [0.717, 1.165) is 29.8 Å². The maximum absolute atomic E-state index is 12.4. The van der Waals surface area contributed by atoms with Gasteiger partial charge in [0.25, 0.3) is 5.91 Å². The predicted octanol–water partition coefficient (Wildman–Crippen LogP) is 4.67. The summed E-state index contributed by atoms with van der Waals surface area (Å²) in [5, 5.41) is 3.75. The van der Waals surface area contributed by atoms with E-state index in [0.29, 0.717) is 29.5 Å². The zero-order valence-electron chi connectivity index (χ0n) is 19.0. The molecule has 0 radical (unpaired) electrons. The Balaban J connectivity index is 1.41. The minimum Gasteiger partial charge on any atom is -0.481 e. The number of nitrogens with zero attached hydrogens (tertiary/aromatic N) is 2. The lowest BCUT2D eigenvalue weighted by Gasteiger charge is -2.32. The molecule has 1 amide bonds. The fourth-order valence-electron chi connectivity index (χ4n) is 4.04. The average molecular weight is 448 g/mol. The van der Waals surface area contributed by atoms with Crippen molar-refractivity contribution in [3.05, 3.63) is 60.2 Å². The number of hydrogen-bond acceptors (Lipinski definition) is 6. The number of fused-ring (bicyclic) bond motifs is 1. The molecule has 33 heavy (non-hydrogen) atoms. The zero-order valence-corrected chi connectivity index (χ0v) is 19.0. The largest absolute Gasteiger partial charge is 0.481 e. The van der Waals surface area contributed by atoms with Crippen molar-refractivity contribution in [1.29, 1.82) is 0 Å². The standard InChI is InChI=1S/C26H29N3O4/c1-3-32-26(31)20-9-12-21(13-10-20)27-24(30)17-33-22-8-4-7-19-11-14-23(28-25(19)22)29-15-5-6-18(2)16-29/h4,7-14,18H,3,5-6,15-17H2,1-2H3,(H,27,30). The minimum absolute atomic E-state index is 0.147. The van der Waals surface area contributed by atoms with Crippen LogP contribution in [0.1, 0.15) is 37.0 Å². The summed E-state index contributed by atoms with van der Waals surface area (Å²) in [6.07, 6.45) is 2.42. The molecule has 0 bridgehead atoms. The van der Waals surface area contributed by atoms with Gasteiger partial charge in [-0.15, -0.1) is 0 Å². The van der Waals surface area contributed by atoms with Crippen molar-refractivity contribution in [2.75, 3.05) is 36.5 Å². The predicted molar refractivity (Wildman–Crippen MR) is 129 cm³/mol. The van der Waals surface area contributed by atoms with Crippen LogP contribution in [0.3, 0.4) is 0 Å². The van der Waals surface area contributed by atoms with Gasteiger partial charge in [0, 0.05) is 24.2 Å². The normalized spacial score (nSPS) is 15.8. The van der Waals surface area contributed by atoms with Crippen molar-refractivity contribution in [2.24, 2.45) is 5.92 Å². The molecule has 1 fully saturated rings. The number of rotatable bonds is 7. The van der Waals surface area contributed by atoms with Crippen LogP contribution in [0.15, 0.2) is 54.6 Å². The van der Waals surface area contributed by atoms with E-state index in [4.69, 9.17) is 14.5 Å². The number of carbonyl (C=O) groups excluding carboxylic acids is 2. The smallest absolute Gasteiger partial charge is 0.338 e. The van der Waals surface area contributed by atoms with Crippen LogP contribution >= 0.6 is 0 Å². The molecule has 1 aliphatic heterocycles. The van der Waals surface area contributed by atoms with Gasteiger partial charge in [-0.05, 0) is 68.1 Å². The summed E-state index contributed by atoms with van der Waals surface area (Å²) in [6.45, 7) is 6.20. The molecule has 0 aliphatic carbocycles. The van der Waals surface area contributed by atoms with Gasteiger partial charge in [0.1, 0.15) is 17.1 Å². The monoisotopic (exact) mass is 447 g/mol. The second-order valence-corrected chi connectivity index (χ2v) is 8.33. The Hall–Kier alpha value is -3.61. The Kier molecular flexibility index (Phi) is 7.07. The van der Waals surface area contributed by atoms with Gasteiger partial charge in [0.05, 0.1) is 12.2 Å². The van der Waals surface area contributed by atoms with Gasteiger partial charge in [-0.25, -0.2) is 9.78 Å². The molecule has 0 spiro atoms. The SMILES string of the molecule is CCOC(=O)c1ccc(NC(=O)COc2cccc3ccc(N4CCCC(C)C4)nc23)cc1. The van der Waals surface area contributed by atoms with Crippen LogP contribution in [0.5, 0.6) is 5.75 Å². The van der Waals surface area contributed by atoms with E-state index in [-0.39, 0.29) is 18.5 Å². The molecule has 1 unspecified atom stereocenters. The summed E-state index contributed by atoms with van der Waals surface area (Å²) in [6, 6.07) is 16.4. The molecule has 7 nitrogen and oxygen atoms in total. The Bertz CT molecular complexity index is 1130.